The summed E-state index contributed by atoms with van der Waals surface area (Å²) < 4.78 is 4.15. The van der Waals surface area contributed by atoms with Gasteiger partial charge < -0.3 is 9.84 Å². The highest BCUT2D eigenvalue weighted by Gasteiger charge is 2.18. The van der Waals surface area contributed by atoms with Crippen molar-refractivity contribution in [1.82, 2.24) is 0 Å². The minimum atomic E-state index is 0.417. The molecule has 10 heavy (non-hydrogen) atoms. The van der Waals surface area contributed by atoms with Gasteiger partial charge in [-0.3, -0.25) is 4.79 Å². The van der Waals surface area contributed by atoms with Gasteiger partial charge in [-0.25, -0.2) is 0 Å². The van der Waals surface area contributed by atoms with Crippen molar-refractivity contribution in [3.63, 3.8) is 0 Å². The topological polar surface area (TPSA) is 46.5 Å². The maximum absolute atomic E-state index is 9.18. The fourth-order valence-electron chi connectivity index (χ4n) is 0.368. The molecule has 0 spiro atoms. The normalized spacial score (nSPS) is 15.0. The number of ether oxygens (including phenoxy) is 1. The molecule has 0 atom stereocenters. The molecular weight excluding hydrogens is 132 g/mol. The Balaban J connectivity index is 0.000000162. The van der Waals surface area contributed by atoms with Crippen molar-refractivity contribution in [2.75, 3.05) is 13.2 Å². The average Bonchev–Trinajstić information content (AvgIpc) is 2.72. The van der Waals surface area contributed by atoms with Crippen LogP contribution in [0.5, 0.6) is 0 Å². The molecule has 0 aromatic carbocycles. The van der Waals surface area contributed by atoms with E-state index in [2.05, 4.69) is 4.74 Å². The molecule has 1 aliphatic carbocycles. The zero-order valence-corrected chi connectivity index (χ0v) is 6.25. The zero-order valence-electron chi connectivity index (χ0n) is 6.25. The van der Waals surface area contributed by atoms with Crippen LogP contribution in [0.3, 0.4) is 0 Å². The molecule has 0 saturated heterocycles. The summed E-state index contributed by atoms with van der Waals surface area (Å²) in [6, 6.07) is 0. The molecule has 1 N–H and O–H groups in total. The number of aliphatic hydroxyl groups excluding tert-OH is 1. The largest absolute Gasteiger partial charge is 0.468 e. The second-order valence-corrected chi connectivity index (χ2v) is 2.18. The highest BCUT2D eigenvalue weighted by Crippen LogP contribution is 2.27. The van der Waals surface area contributed by atoms with Crippen LogP contribution in [0.25, 0.3) is 0 Å². The van der Waals surface area contributed by atoms with Gasteiger partial charge in [0, 0.05) is 6.61 Å². The summed E-state index contributed by atoms with van der Waals surface area (Å²) in [5, 5.41) is 8.21. The Kier molecular flexibility index (Phi) is 6.18. The Bertz CT molecular complexity index is 78.9. The summed E-state index contributed by atoms with van der Waals surface area (Å²) in [6.45, 7) is 3.08. The van der Waals surface area contributed by atoms with Crippen molar-refractivity contribution in [3.05, 3.63) is 0 Å². The van der Waals surface area contributed by atoms with Crippen LogP contribution < -0.4 is 0 Å². The quantitative estimate of drug-likeness (QED) is 0.592. The van der Waals surface area contributed by atoms with E-state index in [0.717, 1.165) is 0 Å². The minimum Gasteiger partial charge on any atom is -0.468 e. The van der Waals surface area contributed by atoms with Crippen LogP contribution in [0.15, 0.2) is 0 Å². The summed E-state index contributed by atoms with van der Waals surface area (Å²) in [5.74, 6) is 0.690. The van der Waals surface area contributed by atoms with E-state index < -0.39 is 0 Å². The molecule has 1 aliphatic rings. The number of hydrogen-bond donors (Lipinski definition) is 1. The van der Waals surface area contributed by atoms with Crippen molar-refractivity contribution >= 4 is 6.47 Å². The van der Waals surface area contributed by atoms with Crippen molar-refractivity contribution in [1.29, 1.82) is 0 Å². The Labute approximate surface area is 61.0 Å². The fraction of sp³-hybridized carbons (Fsp3) is 0.857. The van der Waals surface area contributed by atoms with E-state index in [-0.39, 0.29) is 0 Å². The van der Waals surface area contributed by atoms with Gasteiger partial charge in [0.15, 0.2) is 0 Å². The van der Waals surface area contributed by atoms with Crippen molar-refractivity contribution < 1.29 is 14.6 Å². The number of rotatable bonds is 3. The third kappa shape index (κ3) is 7.43. The number of aliphatic hydroxyl groups is 1. The van der Waals surface area contributed by atoms with Gasteiger partial charge in [-0.2, -0.15) is 0 Å². The standard InChI is InChI=1S/C4H8O.C3H6O2/c5-3-4-1-2-4;1-2-5-3-4/h4-5H,1-3H2;3H,2H2,1H3. The van der Waals surface area contributed by atoms with E-state index in [1.807, 2.05) is 0 Å². The predicted octanol–water partition coefficient (Wildman–Crippen LogP) is 0.568. The molecular formula is C7H14O3. The van der Waals surface area contributed by atoms with Gasteiger partial charge in [-0.1, -0.05) is 0 Å². The van der Waals surface area contributed by atoms with E-state index in [9.17, 15) is 4.79 Å². The van der Waals surface area contributed by atoms with Gasteiger partial charge in [0.1, 0.15) is 0 Å². The molecule has 1 saturated carbocycles. The molecule has 0 bridgehead atoms. The van der Waals surface area contributed by atoms with Crippen LogP contribution in [-0.2, 0) is 9.53 Å². The molecule has 0 unspecified atom stereocenters. The lowest BCUT2D eigenvalue weighted by atomic mass is 10.5. The molecule has 1 rings (SSSR count). The minimum absolute atomic E-state index is 0.417. The molecule has 60 valence electrons. The van der Waals surface area contributed by atoms with E-state index in [0.29, 0.717) is 25.6 Å². The summed E-state index contributed by atoms with van der Waals surface area (Å²) in [7, 11) is 0. The highest BCUT2D eigenvalue weighted by atomic mass is 16.5. The average molecular weight is 146 g/mol. The number of carbonyl (C=O) groups excluding carboxylic acids is 1. The SMILES string of the molecule is CCOC=O.OCC1CC1. The predicted molar refractivity (Wildman–Crippen MR) is 37.5 cm³/mol. The molecule has 1 fully saturated rings. The Morgan fingerprint density at radius 3 is 2.30 bits per heavy atom. The molecule has 3 nitrogen and oxygen atoms in total. The molecule has 0 aromatic heterocycles. The number of hydrogen-bond acceptors (Lipinski definition) is 3. The Hall–Kier alpha value is -0.570. The van der Waals surface area contributed by atoms with Gasteiger partial charge in [0.25, 0.3) is 6.47 Å². The van der Waals surface area contributed by atoms with Crippen molar-refractivity contribution in [2.24, 2.45) is 5.92 Å². The lowest BCUT2D eigenvalue weighted by Gasteiger charge is -1.79. The maximum atomic E-state index is 9.18. The van der Waals surface area contributed by atoms with Crippen LogP contribution in [-0.4, -0.2) is 24.8 Å². The smallest absolute Gasteiger partial charge is 0.293 e. The Morgan fingerprint density at radius 2 is 2.30 bits per heavy atom. The summed E-state index contributed by atoms with van der Waals surface area (Å²) in [6.07, 6.45) is 2.52. The first-order valence-corrected chi connectivity index (χ1v) is 3.51. The summed E-state index contributed by atoms with van der Waals surface area (Å²) in [4.78, 5) is 9.18. The second-order valence-electron chi connectivity index (χ2n) is 2.18. The van der Waals surface area contributed by atoms with E-state index >= 15 is 0 Å². The van der Waals surface area contributed by atoms with Gasteiger partial charge in [0.05, 0.1) is 6.61 Å². The lowest BCUT2D eigenvalue weighted by molar-refractivity contribution is -0.128. The molecule has 0 aromatic rings. The third-order valence-electron chi connectivity index (χ3n) is 1.19. The highest BCUT2D eigenvalue weighted by molar-refractivity contribution is 5.36. The second kappa shape index (κ2) is 6.55. The van der Waals surface area contributed by atoms with Crippen LogP contribution >= 0.6 is 0 Å². The van der Waals surface area contributed by atoms with Gasteiger partial charge >= 0.3 is 0 Å². The first kappa shape index (κ1) is 9.43. The fourth-order valence-corrected chi connectivity index (χ4v) is 0.368. The van der Waals surface area contributed by atoms with E-state index in [4.69, 9.17) is 5.11 Å². The first-order valence-electron chi connectivity index (χ1n) is 3.51. The molecule has 0 radical (unpaired) electrons. The third-order valence-corrected chi connectivity index (χ3v) is 1.19. The molecule has 0 aliphatic heterocycles. The Morgan fingerprint density at radius 1 is 1.70 bits per heavy atom. The van der Waals surface area contributed by atoms with Gasteiger partial charge in [-0.15, -0.1) is 0 Å². The first-order chi connectivity index (χ1) is 4.85. The molecule has 0 heterocycles. The van der Waals surface area contributed by atoms with Crippen LogP contribution in [0.1, 0.15) is 19.8 Å². The van der Waals surface area contributed by atoms with Gasteiger partial charge in [-0.05, 0) is 25.7 Å². The molecule has 3 heteroatoms. The lowest BCUT2D eigenvalue weighted by Crippen LogP contribution is -1.80. The van der Waals surface area contributed by atoms with Crippen molar-refractivity contribution in [2.45, 2.75) is 19.8 Å². The van der Waals surface area contributed by atoms with Crippen LogP contribution in [0.4, 0.5) is 0 Å². The van der Waals surface area contributed by atoms with E-state index in [1.165, 1.54) is 12.8 Å². The van der Waals surface area contributed by atoms with Crippen LogP contribution in [0, 0.1) is 5.92 Å². The number of carbonyl (C=O) groups is 1. The summed E-state index contributed by atoms with van der Waals surface area (Å²) >= 11 is 0. The summed E-state index contributed by atoms with van der Waals surface area (Å²) in [5.41, 5.74) is 0. The zero-order chi connectivity index (χ0) is 7.82. The van der Waals surface area contributed by atoms with Crippen LogP contribution in [0.2, 0.25) is 0 Å². The van der Waals surface area contributed by atoms with Crippen molar-refractivity contribution in [3.8, 4) is 0 Å². The monoisotopic (exact) mass is 146 g/mol. The molecule has 0 amide bonds. The maximum Gasteiger partial charge on any atom is 0.293 e. The van der Waals surface area contributed by atoms with Gasteiger partial charge in [0.2, 0.25) is 0 Å². The van der Waals surface area contributed by atoms with E-state index in [1.54, 1.807) is 6.92 Å².